The summed E-state index contributed by atoms with van der Waals surface area (Å²) in [5.41, 5.74) is 2.76. The van der Waals surface area contributed by atoms with Crippen LogP contribution in [0.3, 0.4) is 0 Å². The normalized spacial score (nSPS) is 10.2. The second kappa shape index (κ2) is 5.15. The van der Waals surface area contributed by atoms with Gasteiger partial charge < -0.3 is 0 Å². The lowest BCUT2D eigenvalue weighted by molar-refractivity contribution is 0.0993. The lowest BCUT2D eigenvalue weighted by atomic mass is 10.0. The Morgan fingerprint density at radius 2 is 1.82 bits per heavy atom. The highest BCUT2D eigenvalue weighted by Gasteiger charge is 2.07. The Morgan fingerprint density at radius 1 is 1.12 bits per heavy atom. The van der Waals surface area contributed by atoms with Gasteiger partial charge in [0.25, 0.3) is 0 Å². The first kappa shape index (κ1) is 11.9. The van der Waals surface area contributed by atoms with Gasteiger partial charge in [-0.1, -0.05) is 54.1 Å². The quantitative estimate of drug-likeness (QED) is 0.744. The lowest BCUT2D eigenvalue weighted by Crippen LogP contribution is -2.03. The molecule has 0 spiro atoms. The van der Waals surface area contributed by atoms with Gasteiger partial charge in [0, 0.05) is 17.0 Å². The van der Waals surface area contributed by atoms with E-state index in [-0.39, 0.29) is 5.78 Å². The molecule has 0 amide bonds. The van der Waals surface area contributed by atoms with Gasteiger partial charge in [0.2, 0.25) is 0 Å². The van der Waals surface area contributed by atoms with Crippen molar-refractivity contribution in [2.45, 2.75) is 13.3 Å². The molecule has 0 aliphatic carbocycles. The Balaban J connectivity index is 2.16. The first-order valence-corrected chi connectivity index (χ1v) is 5.88. The molecule has 0 saturated carbocycles. The minimum atomic E-state index is 0.132. The van der Waals surface area contributed by atoms with Gasteiger partial charge in [-0.2, -0.15) is 0 Å². The molecule has 0 N–H and O–H groups in total. The minimum Gasteiger partial charge on any atom is -0.294 e. The highest BCUT2D eigenvalue weighted by molar-refractivity contribution is 6.31. The molecule has 2 aromatic rings. The number of rotatable bonds is 3. The van der Waals surface area contributed by atoms with E-state index in [0.29, 0.717) is 6.42 Å². The average Bonchev–Trinajstić information content (AvgIpc) is 2.35. The maximum atomic E-state index is 12.0. The molecule has 0 aliphatic heterocycles. The predicted molar refractivity (Wildman–Crippen MR) is 70.7 cm³/mol. The molecule has 1 nitrogen and oxygen atoms in total. The van der Waals surface area contributed by atoms with Crippen LogP contribution < -0.4 is 0 Å². The van der Waals surface area contributed by atoms with E-state index in [1.165, 1.54) is 0 Å². The van der Waals surface area contributed by atoms with Crippen molar-refractivity contribution in [1.29, 1.82) is 0 Å². The molecule has 0 heterocycles. The van der Waals surface area contributed by atoms with E-state index in [1.807, 2.05) is 55.5 Å². The molecular weight excluding hydrogens is 232 g/mol. The summed E-state index contributed by atoms with van der Waals surface area (Å²) in [6.07, 6.45) is 0.419. The van der Waals surface area contributed by atoms with Crippen LogP contribution in [0, 0.1) is 6.92 Å². The van der Waals surface area contributed by atoms with Gasteiger partial charge in [0.05, 0.1) is 0 Å². The SMILES string of the molecule is Cc1cc(CC(=O)c2ccccc2)ccc1Cl. The fourth-order valence-electron chi connectivity index (χ4n) is 1.73. The van der Waals surface area contributed by atoms with Crippen LogP contribution in [0.2, 0.25) is 5.02 Å². The summed E-state index contributed by atoms with van der Waals surface area (Å²) in [4.78, 5) is 12.0. The molecule has 0 fully saturated rings. The Labute approximate surface area is 106 Å². The molecule has 0 aromatic heterocycles. The van der Waals surface area contributed by atoms with Crippen LogP contribution in [0.25, 0.3) is 0 Å². The second-order valence-electron chi connectivity index (χ2n) is 4.05. The van der Waals surface area contributed by atoms with Gasteiger partial charge >= 0.3 is 0 Å². The molecule has 0 unspecified atom stereocenters. The van der Waals surface area contributed by atoms with E-state index in [2.05, 4.69) is 0 Å². The standard InChI is InChI=1S/C15H13ClO/c1-11-9-12(7-8-14(11)16)10-15(17)13-5-3-2-4-6-13/h2-9H,10H2,1H3. The Kier molecular flexibility index (Phi) is 3.60. The topological polar surface area (TPSA) is 17.1 Å². The molecule has 2 aromatic carbocycles. The molecular formula is C15H13ClO. The highest BCUT2D eigenvalue weighted by atomic mass is 35.5. The Hall–Kier alpha value is -1.60. The van der Waals surface area contributed by atoms with Crippen LogP contribution in [0.4, 0.5) is 0 Å². The van der Waals surface area contributed by atoms with E-state index in [4.69, 9.17) is 11.6 Å². The molecule has 0 radical (unpaired) electrons. The number of hydrogen-bond acceptors (Lipinski definition) is 1. The van der Waals surface area contributed by atoms with Gasteiger partial charge in [-0.3, -0.25) is 4.79 Å². The maximum absolute atomic E-state index is 12.0. The molecule has 86 valence electrons. The fraction of sp³-hybridized carbons (Fsp3) is 0.133. The first-order valence-electron chi connectivity index (χ1n) is 5.50. The summed E-state index contributed by atoms with van der Waals surface area (Å²) in [5, 5.41) is 0.737. The summed E-state index contributed by atoms with van der Waals surface area (Å²) in [6.45, 7) is 1.94. The van der Waals surface area contributed by atoms with Crippen molar-refractivity contribution >= 4 is 17.4 Å². The van der Waals surface area contributed by atoms with E-state index in [9.17, 15) is 4.79 Å². The third-order valence-corrected chi connectivity index (χ3v) is 3.11. The first-order chi connectivity index (χ1) is 8.16. The molecule has 0 bridgehead atoms. The summed E-state index contributed by atoms with van der Waals surface area (Å²) in [7, 11) is 0. The average molecular weight is 245 g/mol. The van der Waals surface area contributed by atoms with Crippen molar-refractivity contribution in [2.24, 2.45) is 0 Å². The number of Topliss-reactive ketones (excluding diaryl/α,β-unsaturated/α-hetero) is 1. The molecule has 17 heavy (non-hydrogen) atoms. The number of benzene rings is 2. The highest BCUT2D eigenvalue weighted by Crippen LogP contribution is 2.17. The van der Waals surface area contributed by atoms with Crippen molar-refractivity contribution in [2.75, 3.05) is 0 Å². The number of aryl methyl sites for hydroxylation is 1. The van der Waals surface area contributed by atoms with Gasteiger partial charge in [-0.15, -0.1) is 0 Å². The second-order valence-corrected chi connectivity index (χ2v) is 4.46. The molecule has 2 rings (SSSR count). The van der Waals surface area contributed by atoms with Crippen LogP contribution >= 0.6 is 11.6 Å². The fourth-order valence-corrected chi connectivity index (χ4v) is 1.85. The van der Waals surface area contributed by atoms with Crippen molar-refractivity contribution < 1.29 is 4.79 Å². The predicted octanol–water partition coefficient (Wildman–Crippen LogP) is 4.07. The Morgan fingerprint density at radius 3 is 2.47 bits per heavy atom. The van der Waals surface area contributed by atoms with Gasteiger partial charge in [-0.05, 0) is 24.1 Å². The summed E-state index contributed by atoms with van der Waals surface area (Å²) in [5.74, 6) is 0.132. The Bertz CT molecular complexity index is 532. The summed E-state index contributed by atoms with van der Waals surface area (Å²) in [6, 6.07) is 15.0. The maximum Gasteiger partial charge on any atom is 0.167 e. The number of carbonyl (C=O) groups is 1. The summed E-state index contributed by atoms with van der Waals surface area (Å²) >= 11 is 5.95. The zero-order chi connectivity index (χ0) is 12.3. The largest absolute Gasteiger partial charge is 0.294 e. The molecule has 0 saturated heterocycles. The lowest BCUT2D eigenvalue weighted by Gasteiger charge is -2.04. The van der Waals surface area contributed by atoms with Crippen LogP contribution in [0.1, 0.15) is 21.5 Å². The number of hydrogen-bond donors (Lipinski definition) is 0. The number of halogens is 1. The van der Waals surface area contributed by atoms with Gasteiger partial charge in [0.15, 0.2) is 5.78 Å². The monoisotopic (exact) mass is 244 g/mol. The molecule has 2 heteroatoms. The van der Waals surface area contributed by atoms with E-state index < -0.39 is 0 Å². The van der Waals surface area contributed by atoms with E-state index in [1.54, 1.807) is 0 Å². The summed E-state index contributed by atoms with van der Waals surface area (Å²) < 4.78 is 0. The minimum absolute atomic E-state index is 0.132. The van der Waals surface area contributed by atoms with Crippen molar-refractivity contribution in [1.82, 2.24) is 0 Å². The molecule has 0 aliphatic rings. The number of ketones is 1. The van der Waals surface area contributed by atoms with Crippen molar-refractivity contribution in [3.05, 3.63) is 70.2 Å². The van der Waals surface area contributed by atoms with Crippen LogP contribution in [0.5, 0.6) is 0 Å². The van der Waals surface area contributed by atoms with E-state index in [0.717, 1.165) is 21.7 Å². The van der Waals surface area contributed by atoms with Gasteiger partial charge in [0.1, 0.15) is 0 Å². The third kappa shape index (κ3) is 2.95. The molecule has 0 atom stereocenters. The van der Waals surface area contributed by atoms with Crippen LogP contribution in [0.15, 0.2) is 48.5 Å². The van der Waals surface area contributed by atoms with Crippen LogP contribution in [-0.2, 0) is 6.42 Å². The number of carbonyl (C=O) groups excluding carboxylic acids is 1. The third-order valence-electron chi connectivity index (χ3n) is 2.68. The van der Waals surface area contributed by atoms with Crippen LogP contribution in [-0.4, -0.2) is 5.78 Å². The van der Waals surface area contributed by atoms with E-state index >= 15 is 0 Å². The van der Waals surface area contributed by atoms with Crippen molar-refractivity contribution in [3.63, 3.8) is 0 Å². The van der Waals surface area contributed by atoms with Gasteiger partial charge in [-0.25, -0.2) is 0 Å². The van der Waals surface area contributed by atoms with Crippen molar-refractivity contribution in [3.8, 4) is 0 Å². The smallest absolute Gasteiger partial charge is 0.167 e. The zero-order valence-corrected chi connectivity index (χ0v) is 10.4. The zero-order valence-electron chi connectivity index (χ0n) is 9.61.